The summed E-state index contributed by atoms with van der Waals surface area (Å²) in [6, 6.07) is 13.8. The molecule has 0 atom stereocenters. The molecule has 0 bridgehead atoms. The molecule has 26 heavy (non-hydrogen) atoms. The molecule has 0 aromatic heterocycles. The van der Waals surface area contributed by atoms with Gasteiger partial charge >= 0.3 is 0 Å². The monoisotopic (exact) mass is 372 g/mol. The lowest BCUT2D eigenvalue weighted by molar-refractivity contribution is -0.120. The molecule has 1 aliphatic rings. The van der Waals surface area contributed by atoms with Crippen LogP contribution in [0.1, 0.15) is 29.5 Å². The number of amides is 1. The number of halogens is 1. The largest absolute Gasteiger partial charge is 0.496 e. The summed E-state index contributed by atoms with van der Waals surface area (Å²) in [7, 11) is 1.59. The molecule has 0 unspecified atom stereocenters. The molecule has 2 aromatic rings. The molecule has 1 heterocycles. The van der Waals surface area contributed by atoms with Crippen LogP contribution in [0, 0.1) is 0 Å². The van der Waals surface area contributed by atoms with E-state index in [1.165, 1.54) is 31.5 Å². The highest BCUT2D eigenvalue weighted by molar-refractivity contribution is 6.30. The van der Waals surface area contributed by atoms with Crippen molar-refractivity contribution >= 4 is 17.5 Å². The number of methoxy groups -OCH3 is 1. The number of nitrogens with zero attached hydrogens (tertiary/aromatic N) is 1. The Labute approximate surface area is 160 Å². The van der Waals surface area contributed by atoms with Gasteiger partial charge in [-0.2, -0.15) is 0 Å². The third kappa shape index (κ3) is 5.23. The Bertz CT molecular complexity index is 740. The second kappa shape index (κ2) is 9.06. The van der Waals surface area contributed by atoms with E-state index in [-0.39, 0.29) is 12.3 Å². The summed E-state index contributed by atoms with van der Waals surface area (Å²) in [4.78, 5) is 14.7. The summed E-state index contributed by atoms with van der Waals surface area (Å²) in [5.74, 6) is 0.627. The molecular formula is C21H25ClN2O2. The number of nitrogens with one attached hydrogen (secondary N) is 1. The van der Waals surface area contributed by atoms with Crippen molar-refractivity contribution in [3.05, 3.63) is 64.2 Å². The van der Waals surface area contributed by atoms with Crippen LogP contribution >= 0.6 is 11.6 Å². The quantitative estimate of drug-likeness (QED) is 0.803. The SMILES string of the molecule is COc1ccc(Cl)cc1CC(=O)NCc1ccc(CN2CCCC2)cc1. The molecule has 1 N–H and O–H groups in total. The van der Waals surface area contributed by atoms with E-state index in [0.717, 1.165) is 17.7 Å². The summed E-state index contributed by atoms with van der Waals surface area (Å²) >= 11 is 6.02. The fourth-order valence-corrected chi connectivity index (χ4v) is 3.48. The number of benzene rings is 2. The van der Waals surface area contributed by atoms with Crippen LogP contribution in [0.5, 0.6) is 5.75 Å². The minimum Gasteiger partial charge on any atom is -0.496 e. The van der Waals surface area contributed by atoms with Crippen molar-refractivity contribution < 1.29 is 9.53 Å². The molecule has 0 spiro atoms. The Morgan fingerprint density at radius 1 is 1.12 bits per heavy atom. The molecule has 138 valence electrons. The van der Waals surface area contributed by atoms with Crippen molar-refractivity contribution in [3.63, 3.8) is 0 Å². The van der Waals surface area contributed by atoms with Gasteiger partial charge in [-0.1, -0.05) is 35.9 Å². The summed E-state index contributed by atoms with van der Waals surface area (Å²) in [5, 5.41) is 3.56. The summed E-state index contributed by atoms with van der Waals surface area (Å²) < 4.78 is 5.29. The zero-order valence-electron chi connectivity index (χ0n) is 15.1. The third-order valence-corrected chi connectivity index (χ3v) is 4.95. The zero-order chi connectivity index (χ0) is 18.4. The maximum Gasteiger partial charge on any atom is 0.224 e. The highest BCUT2D eigenvalue weighted by Gasteiger charge is 2.12. The Morgan fingerprint density at radius 3 is 2.50 bits per heavy atom. The first-order valence-electron chi connectivity index (χ1n) is 9.03. The standard InChI is InChI=1S/C21H25ClN2O2/c1-26-20-9-8-19(22)12-18(20)13-21(25)23-14-16-4-6-17(7-5-16)15-24-10-2-3-11-24/h4-9,12H,2-3,10-11,13-15H2,1H3,(H,23,25). The summed E-state index contributed by atoms with van der Waals surface area (Å²) in [6.45, 7) is 3.93. The first kappa shape index (κ1) is 18.7. The first-order valence-corrected chi connectivity index (χ1v) is 9.41. The van der Waals surface area contributed by atoms with Gasteiger partial charge in [0.1, 0.15) is 5.75 Å². The van der Waals surface area contributed by atoms with Crippen LogP contribution in [0.15, 0.2) is 42.5 Å². The highest BCUT2D eigenvalue weighted by atomic mass is 35.5. The number of likely N-dealkylation sites (tertiary alicyclic amines) is 1. The summed E-state index contributed by atoms with van der Waals surface area (Å²) in [6.07, 6.45) is 2.86. The molecule has 3 rings (SSSR count). The van der Waals surface area contributed by atoms with Gasteiger partial charge in [0.25, 0.3) is 0 Å². The number of rotatable bonds is 7. The molecule has 5 heteroatoms. The van der Waals surface area contributed by atoms with E-state index in [1.807, 2.05) is 0 Å². The Hall–Kier alpha value is -2.04. The molecule has 1 saturated heterocycles. The Balaban J connectivity index is 1.50. The van der Waals surface area contributed by atoms with Crippen LogP contribution in [-0.4, -0.2) is 31.0 Å². The van der Waals surface area contributed by atoms with Crippen molar-refractivity contribution in [2.24, 2.45) is 0 Å². The van der Waals surface area contributed by atoms with Crippen LogP contribution in [-0.2, 0) is 24.3 Å². The maximum atomic E-state index is 12.2. The Kier molecular flexibility index (Phi) is 6.53. The molecule has 4 nitrogen and oxygen atoms in total. The lowest BCUT2D eigenvalue weighted by Crippen LogP contribution is -2.24. The van der Waals surface area contributed by atoms with E-state index >= 15 is 0 Å². The maximum absolute atomic E-state index is 12.2. The molecule has 1 fully saturated rings. The lowest BCUT2D eigenvalue weighted by atomic mass is 10.1. The number of hydrogen-bond donors (Lipinski definition) is 1. The van der Waals surface area contributed by atoms with Crippen molar-refractivity contribution in [2.75, 3.05) is 20.2 Å². The van der Waals surface area contributed by atoms with E-state index in [1.54, 1.807) is 25.3 Å². The average molecular weight is 373 g/mol. The van der Waals surface area contributed by atoms with Crippen LogP contribution in [0.3, 0.4) is 0 Å². The van der Waals surface area contributed by atoms with Gasteiger partial charge in [0, 0.05) is 23.7 Å². The van der Waals surface area contributed by atoms with E-state index in [2.05, 4.69) is 34.5 Å². The second-order valence-corrected chi connectivity index (χ2v) is 7.15. The van der Waals surface area contributed by atoms with E-state index in [9.17, 15) is 4.79 Å². The van der Waals surface area contributed by atoms with Gasteiger partial charge in [0.05, 0.1) is 13.5 Å². The molecule has 0 saturated carbocycles. The topological polar surface area (TPSA) is 41.6 Å². The number of ether oxygens (including phenoxy) is 1. The molecular weight excluding hydrogens is 348 g/mol. The van der Waals surface area contributed by atoms with Gasteiger partial charge in [0.2, 0.25) is 5.91 Å². The number of carbonyl (C=O) groups excluding carboxylic acids is 1. The van der Waals surface area contributed by atoms with Crippen LogP contribution in [0.4, 0.5) is 0 Å². The normalized spacial score (nSPS) is 14.4. The molecule has 0 radical (unpaired) electrons. The molecule has 0 aliphatic carbocycles. The Morgan fingerprint density at radius 2 is 1.81 bits per heavy atom. The van der Waals surface area contributed by atoms with Gasteiger partial charge < -0.3 is 10.1 Å². The van der Waals surface area contributed by atoms with Crippen molar-refractivity contribution in [3.8, 4) is 5.75 Å². The van der Waals surface area contributed by atoms with Gasteiger partial charge in [-0.25, -0.2) is 0 Å². The number of carbonyl (C=O) groups is 1. The predicted molar refractivity (Wildman–Crippen MR) is 105 cm³/mol. The predicted octanol–water partition coefficient (Wildman–Crippen LogP) is 3.80. The minimum atomic E-state index is -0.0493. The molecule has 1 aliphatic heterocycles. The highest BCUT2D eigenvalue weighted by Crippen LogP contribution is 2.23. The van der Waals surface area contributed by atoms with Crippen molar-refractivity contribution in [1.82, 2.24) is 10.2 Å². The van der Waals surface area contributed by atoms with Crippen molar-refractivity contribution in [2.45, 2.75) is 32.4 Å². The molecule has 2 aromatic carbocycles. The fraction of sp³-hybridized carbons (Fsp3) is 0.381. The van der Waals surface area contributed by atoms with E-state index in [4.69, 9.17) is 16.3 Å². The summed E-state index contributed by atoms with van der Waals surface area (Å²) in [5.41, 5.74) is 3.21. The van der Waals surface area contributed by atoms with Gasteiger partial charge in [-0.3, -0.25) is 9.69 Å². The first-order chi connectivity index (χ1) is 12.6. The second-order valence-electron chi connectivity index (χ2n) is 6.71. The molecule has 1 amide bonds. The van der Waals surface area contributed by atoms with Crippen molar-refractivity contribution in [1.29, 1.82) is 0 Å². The zero-order valence-corrected chi connectivity index (χ0v) is 15.9. The van der Waals surface area contributed by atoms with Gasteiger partial charge in [-0.15, -0.1) is 0 Å². The van der Waals surface area contributed by atoms with Gasteiger partial charge in [0.15, 0.2) is 0 Å². The minimum absolute atomic E-state index is 0.0493. The van der Waals surface area contributed by atoms with Crippen LogP contribution in [0.25, 0.3) is 0 Å². The average Bonchev–Trinajstić information content (AvgIpc) is 3.14. The van der Waals surface area contributed by atoms with E-state index in [0.29, 0.717) is 17.3 Å². The van der Waals surface area contributed by atoms with Crippen LogP contribution in [0.2, 0.25) is 5.02 Å². The van der Waals surface area contributed by atoms with E-state index < -0.39 is 0 Å². The lowest BCUT2D eigenvalue weighted by Gasteiger charge is -2.14. The van der Waals surface area contributed by atoms with Crippen LogP contribution < -0.4 is 10.1 Å². The third-order valence-electron chi connectivity index (χ3n) is 4.71. The smallest absolute Gasteiger partial charge is 0.224 e. The fourth-order valence-electron chi connectivity index (χ4n) is 3.28. The van der Waals surface area contributed by atoms with Gasteiger partial charge in [-0.05, 0) is 55.3 Å². The number of hydrogen-bond acceptors (Lipinski definition) is 3.